The third-order valence-corrected chi connectivity index (χ3v) is 4.07. The zero-order chi connectivity index (χ0) is 16.8. The van der Waals surface area contributed by atoms with Crippen LogP contribution in [0.1, 0.15) is 16.7 Å². The Labute approximate surface area is 139 Å². The molecule has 0 spiro atoms. The quantitative estimate of drug-likeness (QED) is 0.581. The van der Waals surface area contributed by atoms with Gasteiger partial charge in [-0.25, -0.2) is 9.97 Å². The molecule has 0 saturated heterocycles. The Bertz CT molecular complexity index is 1130. The SMILES string of the molecule is Cc1cc(C)cc(-n2c(N)c(C#N)c3nc4ccccc4nc32)c1. The van der Waals surface area contributed by atoms with Gasteiger partial charge in [0.05, 0.1) is 11.0 Å². The number of para-hydroxylation sites is 2. The van der Waals surface area contributed by atoms with Crippen molar-refractivity contribution in [1.82, 2.24) is 14.5 Å². The maximum absolute atomic E-state index is 9.55. The molecular formula is C19H15N5. The topological polar surface area (TPSA) is 80.5 Å². The number of nitrogens with two attached hydrogens (primary N) is 1. The van der Waals surface area contributed by atoms with Crippen molar-refractivity contribution in [1.29, 1.82) is 5.26 Å². The summed E-state index contributed by atoms with van der Waals surface area (Å²) in [4.78, 5) is 9.33. The molecule has 5 nitrogen and oxygen atoms in total. The predicted octanol–water partition coefficient (Wildman–Crippen LogP) is 3.64. The molecule has 0 fully saturated rings. The van der Waals surface area contributed by atoms with Crippen LogP contribution in [0, 0.1) is 25.2 Å². The van der Waals surface area contributed by atoms with Crippen LogP contribution in [0.5, 0.6) is 0 Å². The number of fused-ring (bicyclic) bond motifs is 2. The highest BCUT2D eigenvalue weighted by Gasteiger charge is 2.19. The van der Waals surface area contributed by atoms with E-state index in [0.717, 1.165) is 27.8 Å². The third-order valence-electron chi connectivity index (χ3n) is 4.07. The molecule has 2 aromatic carbocycles. The summed E-state index contributed by atoms with van der Waals surface area (Å²) in [5.74, 6) is 0.368. The second-order valence-corrected chi connectivity index (χ2v) is 5.94. The van der Waals surface area contributed by atoms with Crippen molar-refractivity contribution in [2.45, 2.75) is 13.8 Å². The second kappa shape index (κ2) is 5.07. The zero-order valence-electron chi connectivity index (χ0n) is 13.4. The molecule has 0 aliphatic heterocycles. The Morgan fingerprint density at radius 2 is 1.62 bits per heavy atom. The Balaban J connectivity index is 2.17. The first-order valence-electron chi connectivity index (χ1n) is 7.64. The zero-order valence-corrected chi connectivity index (χ0v) is 13.4. The standard InChI is InChI=1S/C19H15N5/c1-11-7-12(2)9-13(8-11)24-18(21)14(10-20)17-19(24)23-16-6-4-3-5-15(16)22-17/h3-9H,21H2,1-2H3. The Kier molecular flexibility index (Phi) is 3.00. The van der Waals surface area contributed by atoms with Crippen LogP contribution in [0.4, 0.5) is 5.82 Å². The summed E-state index contributed by atoms with van der Waals surface area (Å²) in [6, 6.07) is 15.9. The Morgan fingerprint density at radius 1 is 1.00 bits per heavy atom. The maximum Gasteiger partial charge on any atom is 0.167 e. The minimum absolute atomic E-state index is 0.363. The van der Waals surface area contributed by atoms with Crippen LogP contribution in [0.3, 0.4) is 0 Å². The van der Waals surface area contributed by atoms with Gasteiger partial charge in [-0.05, 0) is 49.2 Å². The molecule has 0 aliphatic carbocycles. The van der Waals surface area contributed by atoms with E-state index < -0.39 is 0 Å². The van der Waals surface area contributed by atoms with E-state index in [4.69, 9.17) is 10.7 Å². The summed E-state index contributed by atoms with van der Waals surface area (Å²) < 4.78 is 1.81. The first-order valence-corrected chi connectivity index (χ1v) is 7.64. The van der Waals surface area contributed by atoms with Crippen molar-refractivity contribution in [3.05, 3.63) is 59.2 Å². The average Bonchev–Trinajstić information content (AvgIpc) is 2.82. The van der Waals surface area contributed by atoms with E-state index in [1.54, 1.807) is 0 Å². The minimum atomic E-state index is 0.363. The van der Waals surface area contributed by atoms with Crippen molar-refractivity contribution >= 4 is 28.0 Å². The number of benzene rings is 2. The number of aryl methyl sites for hydroxylation is 2. The molecule has 116 valence electrons. The van der Waals surface area contributed by atoms with Gasteiger partial charge >= 0.3 is 0 Å². The number of nitrogens with zero attached hydrogens (tertiary/aromatic N) is 4. The smallest absolute Gasteiger partial charge is 0.167 e. The van der Waals surface area contributed by atoms with E-state index in [1.165, 1.54) is 0 Å². The monoisotopic (exact) mass is 313 g/mol. The normalized spacial score (nSPS) is 11.0. The lowest BCUT2D eigenvalue weighted by atomic mass is 10.1. The number of rotatable bonds is 1. The highest BCUT2D eigenvalue weighted by atomic mass is 15.1. The fraction of sp³-hybridized carbons (Fsp3) is 0.105. The van der Waals surface area contributed by atoms with E-state index in [9.17, 15) is 5.26 Å². The predicted molar refractivity (Wildman–Crippen MR) is 95.0 cm³/mol. The van der Waals surface area contributed by atoms with Crippen molar-refractivity contribution in [2.75, 3.05) is 5.73 Å². The molecule has 0 aliphatic rings. The molecule has 0 amide bonds. The van der Waals surface area contributed by atoms with Crippen molar-refractivity contribution in [3.8, 4) is 11.8 Å². The molecule has 2 aromatic heterocycles. The summed E-state index contributed by atoms with van der Waals surface area (Å²) >= 11 is 0. The van der Waals surface area contributed by atoms with Gasteiger partial charge in [-0.15, -0.1) is 0 Å². The molecule has 0 unspecified atom stereocenters. The summed E-state index contributed by atoms with van der Waals surface area (Å²) in [5.41, 5.74) is 12.4. The van der Waals surface area contributed by atoms with E-state index in [0.29, 0.717) is 22.5 Å². The van der Waals surface area contributed by atoms with Crippen molar-refractivity contribution < 1.29 is 0 Å². The Morgan fingerprint density at radius 3 is 2.25 bits per heavy atom. The van der Waals surface area contributed by atoms with Crippen LogP contribution in [-0.4, -0.2) is 14.5 Å². The van der Waals surface area contributed by atoms with Gasteiger partial charge in [0.15, 0.2) is 5.65 Å². The van der Waals surface area contributed by atoms with Gasteiger partial charge in [-0.3, -0.25) is 4.57 Å². The van der Waals surface area contributed by atoms with Gasteiger partial charge in [0.2, 0.25) is 0 Å². The Hall–Kier alpha value is -3.39. The number of aromatic nitrogens is 3. The fourth-order valence-electron chi connectivity index (χ4n) is 3.11. The first-order chi connectivity index (χ1) is 11.6. The van der Waals surface area contributed by atoms with Crippen LogP contribution in [0.2, 0.25) is 0 Å². The average molecular weight is 313 g/mol. The molecule has 2 heterocycles. The van der Waals surface area contributed by atoms with E-state index >= 15 is 0 Å². The molecule has 4 aromatic rings. The maximum atomic E-state index is 9.55. The fourth-order valence-corrected chi connectivity index (χ4v) is 3.11. The van der Waals surface area contributed by atoms with Gasteiger partial charge in [0, 0.05) is 5.69 Å². The number of hydrogen-bond acceptors (Lipinski definition) is 4. The van der Waals surface area contributed by atoms with E-state index in [1.807, 2.05) is 54.8 Å². The highest BCUT2D eigenvalue weighted by Crippen LogP contribution is 2.30. The molecule has 0 saturated carbocycles. The highest BCUT2D eigenvalue weighted by molar-refractivity contribution is 5.93. The number of anilines is 1. The van der Waals surface area contributed by atoms with Crippen LogP contribution in [0.25, 0.3) is 27.9 Å². The summed E-state index contributed by atoms with van der Waals surface area (Å²) in [5, 5.41) is 9.55. The first kappa shape index (κ1) is 14.2. The van der Waals surface area contributed by atoms with Gasteiger partial charge in [-0.1, -0.05) is 18.2 Å². The lowest BCUT2D eigenvalue weighted by molar-refractivity contribution is 1.10. The number of nitriles is 1. The number of nitrogen functional groups attached to an aromatic ring is 1. The van der Waals surface area contributed by atoms with Gasteiger partial charge < -0.3 is 5.73 Å². The summed E-state index contributed by atoms with van der Waals surface area (Å²) in [6.45, 7) is 4.06. The van der Waals surface area contributed by atoms with Gasteiger partial charge in [-0.2, -0.15) is 5.26 Å². The van der Waals surface area contributed by atoms with Gasteiger partial charge in [0.1, 0.15) is 23.0 Å². The van der Waals surface area contributed by atoms with Crippen molar-refractivity contribution in [2.24, 2.45) is 0 Å². The number of hydrogen-bond donors (Lipinski definition) is 1. The third kappa shape index (κ3) is 2.01. The van der Waals surface area contributed by atoms with E-state index in [-0.39, 0.29) is 0 Å². The van der Waals surface area contributed by atoms with E-state index in [2.05, 4.69) is 17.1 Å². The lowest BCUT2D eigenvalue weighted by Gasteiger charge is -2.10. The van der Waals surface area contributed by atoms with Crippen LogP contribution < -0.4 is 5.73 Å². The minimum Gasteiger partial charge on any atom is -0.384 e. The molecule has 2 N–H and O–H groups in total. The van der Waals surface area contributed by atoms with Crippen LogP contribution in [-0.2, 0) is 0 Å². The van der Waals surface area contributed by atoms with Crippen LogP contribution in [0.15, 0.2) is 42.5 Å². The lowest BCUT2D eigenvalue weighted by Crippen LogP contribution is -2.02. The summed E-state index contributed by atoms with van der Waals surface area (Å²) in [7, 11) is 0. The summed E-state index contributed by atoms with van der Waals surface area (Å²) in [6.07, 6.45) is 0. The molecule has 5 heteroatoms. The largest absolute Gasteiger partial charge is 0.384 e. The molecule has 0 atom stereocenters. The molecule has 4 rings (SSSR count). The second-order valence-electron chi connectivity index (χ2n) is 5.94. The molecule has 0 bridgehead atoms. The van der Waals surface area contributed by atoms with Gasteiger partial charge in [0.25, 0.3) is 0 Å². The molecular weight excluding hydrogens is 298 g/mol. The molecule has 0 radical (unpaired) electrons. The molecule has 24 heavy (non-hydrogen) atoms. The van der Waals surface area contributed by atoms with Crippen molar-refractivity contribution in [3.63, 3.8) is 0 Å². The van der Waals surface area contributed by atoms with Crippen LogP contribution >= 0.6 is 0 Å².